The van der Waals surface area contributed by atoms with Gasteiger partial charge in [0.25, 0.3) is 0 Å². The Morgan fingerprint density at radius 3 is 2.50 bits per heavy atom. The number of amides is 1. The van der Waals surface area contributed by atoms with Gasteiger partial charge in [-0.1, -0.05) is 0 Å². The summed E-state index contributed by atoms with van der Waals surface area (Å²) in [6.45, 7) is 1.06. The molecule has 0 aromatic heterocycles. The molecular formula is C6H11IN2O. The van der Waals surface area contributed by atoms with Crippen molar-refractivity contribution in [2.75, 3.05) is 20.6 Å². The molecule has 1 rings (SSSR count). The monoisotopic (exact) mass is 254 g/mol. The smallest absolute Gasteiger partial charge is 0.248 e. The van der Waals surface area contributed by atoms with Crippen LogP contribution in [0, 0.1) is 0 Å². The zero-order valence-corrected chi connectivity index (χ0v) is 8.33. The van der Waals surface area contributed by atoms with Gasteiger partial charge in [0, 0.05) is 13.6 Å². The average molecular weight is 254 g/mol. The Morgan fingerprint density at radius 2 is 2.40 bits per heavy atom. The van der Waals surface area contributed by atoms with Crippen molar-refractivity contribution in [3.05, 3.63) is 0 Å². The second kappa shape index (κ2) is 3.04. The second-order valence-corrected chi connectivity index (χ2v) is 4.05. The van der Waals surface area contributed by atoms with Gasteiger partial charge in [-0.2, -0.15) is 0 Å². The molecule has 0 unspecified atom stereocenters. The van der Waals surface area contributed by atoms with Gasteiger partial charge in [0.05, 0.1) is 28.9 Å². The molecular weight excluding hydrogens is 243 g/mol. The molecule has 1 heterocycles. The van der Waals surface area contributed by atoms with Crippen molar-refractivity contribution in [3.63, 3.8) is 0 Å². The highest BCUT2D eigenvalue weighted by Crippen LogP contribution is 2.17. The Kier molecular flexibility index (Phi) is 2.51. The predicted octanol–water partition coefficient (Wildman–Crippen LogP) is 0.499. The maximum atomic E-state index is 11.2. The van der Waals surface area contributed by atoms with Crippen molar-refractivity contribution in [2.24, 2.45) is 0 Å². The molecule has 4 heteroatoms. The second-order valence-electron chi connectivity index (χ2n) is 2.60. The van der Waals surface area contributed by atoms with Crippen molar-refractivity contribution < 1.29 is 4.79 Å². The van der Waals surface area contributed by atoms with Crippen LogP contribution in [0.15, 0.2) is 0 Å². The van der Waals surface area contributed by atoms with Gasteiger partial charge in [-0.15, -0.1) is 0 Å². The molecule has 0 radical (unpaired) electrons. The summed E-state index contributed by atoms with van der Waals surface area (Å²) in [7, 11) is 3.77. The van der Waals surface area contributed by atoms with Crippen molar-refractivity contribution in [2.45, 2.75) is 12.5 Å². The first kappa shape index (κ1) is 8.26. The molecule has 0 N–H and O–H groups in total. The van der Waals surface area contributed by atoms with E-state index in [0.717, 1.165) is 13.0 Å². The number of likely N-dealkylation sites (N-methyl/N-ethyl adjacent to an activating group) is 2. The SMILES string of the molecule is CN(I)C(=O)[C@H]1CCN1C. The zero-order valence-electron chi connectivity index (χ0n) is 6.17. The Labute approximate surface area is 74.9 Å². The lowest BCUT2D eigenvalue weighted by Gasteiger charge is -2.37. The molecule has 1 aliphatic heterocycles. The third-order valence-corrected chi connectivity index (χ3v) is 2.35. The summed E-state index contributed by atoms with van der Waals surface area (Å²) in [5.74, 6) is 0.217. The van der Waals surface area contributed by atoms with Crippen molar-refractivity contribution in [1.29, 1.82) is 0 Å². The fourth-order valence-electron chi connectivity index (χ4n) is 1.03. The minimum atomic E-state index is 0.155. The Bertz CT molecular complexity index is 149. The van der Waals surface area contributed by atoms with E-state index in [2.05, 4.69) is 4.90 Å². The van der Waals surface area contributed by atoms with Crippen LogP contribution in [0.1, 0.15) is 6.42 Å². The quantitative estimate of drug-likeness (QED) is 0.502. The topological polar surface area (TPSA) is 23.6 Å². The fraction of sp³-hybridized carbons (Fsp3) is 0.833. The van der Waals surface area contributed by atoms with Gasteiger partial charge in [-0.3, -0.25) is 12.8 Å². The van der Waals surface area contributed by atoms with E-state index in [0.29, 0.717) is 0 Å². The highest BCUT2D eigenvalue weighted by atomic mass is 127. The number of likely N-dealkylation sites (tertiary alicyclic amines) is 1. The lowest BCUT2D eigenvalue weighted by molar-refractivity contribution is -0.133. The van der Waals surface area contributed by atoms with Crippen molar-refractivity contribution in [3.8, 4) is 0 Å². The number of carbonyl (C=O) groups is 1. The molecule has 0 saturated carbocycles. The average Bonchev–Trinajstić information content (AvgIpc) is 1.84. The van der Waals surface area contributed by atoms with E-state index >= 15 is 0 Å². The van der Waals surface area contributed by atoms with E-state index in [1.54, 1.807) is 10.2 Å². The number of hydrogen-bond donors (Lipinski definition) is 0. The maximum Gasteiger partial charge on any atom is 0.248 e. The van der Waals surface area contributed by atoms with Gasteiger partial charge in [-0.25, -0.2) is 0 Å². The molecule has 1 aliphatic rings. The summed E-state index contributed by atoms with van der Waals surface area (Å²) < 4.78 is 1.62. The van der Waals surface area contributed by atoms with Crippen LogP contribution in [0.3, 0.4) is 0 Å². The van der Waals surface area contributed by atoms with Gasteiger partial charge in [0.15, 0.2) is 0 Å². The number of carbonyl (C=O) groups excluding carboxylic acids is 1. The largest absolute Gasteiger partial charge is 0.295 e. The van der Waals surface area contributed by atoms with E-state index in [1.165, 1.54) is 0 Å². The molecule has 0 spiro atoms. The van der Waals surface area contributed by atoms with Crippen LogP contribution >= 0.6 is 22.9 Å². The molecule has 10 heavy (non-hydrogen) atoms. The van der Waals surface area contributed by atoms with Crippen molar-refractivity contribution in [1.82, 2.24) is 8.01 Å². The van der Waals surface area contributed by atoms with Crippen LogP contribution in [0.2, 0.25) is 0 Å². The summed E-state index contributed by atoms with van der Waals surface area (Å²) in [6, 6.07) is 0.155. The van der Waals surface area contributed by atoms with Crippen LogP contribution in [0.25, 0.3) is 0 Å². The Morgan fingerprint density at radius 1 is 1.80 bits per heavy atom. The van der Waals surface area contributed by atoms with Crippen LogP contribution in [-0.4, -0.2) is 40.6 Å². The number of hydrogen-bond acceptors (Lipinski definition) is 2. The van der Waals surface area contributed by atoms with E-state index in [-0.39, 0.29) is 11.9 Å². The van der Waals surface area contributed by atoms with Crippen LogP contribution in [0.5, 0.6) is 0 Å². The summed E-state index contributed by atoms with van der Waals surface area (Å²) in [5.41, 5.74) is 0. The number of halogens is 1. The third-order valence-electron chi connectivity index (χ3n) is 1.88. The standard InChI is InChI=1S/C6H11IN2O/c1-8-4-3-5(8)6(10)9(2)7/h5H,3-4H2,1-2H3/t5-/m1/s1. The van der Waals surface area contributed by atoms with E-state index < -0.39 is 0 Å². The minimum Gasteiger partial charge on any atom is -0.295 e. The lowest BCUT2D eigenvalue weighted by atomic mass is 10.0. The van der Waals surface area contributed by atoms with Crippen LogP contribution in [-0.2, 0) is 4.79 Å². The van der Waals surface area contributed by atoms with E-state index in [9.17, 15) is 4.79 Å². The first-order valence-electron chi connectivity index (χ1n) is 3.26. The van der Waals surface area contributed by atoms with E-state index in [4.69, 9.17) is 0 Å². The molecule has 0 aromatic carbocycles. The number of nitrogens with zero attached hydrogens (tertiary/aromatic N) is 2. The van der Waals surface area contributed by atoms with Gasteiger partial charge < -0.3 is 0 Å². The molecule has 3 nitrogen and oxygen atoms in total. The molecule has 0 bridgehead atoms. The molecule has 0 aliphatic carbocycles. The first-order valence-corrected chi connectivity index (χ1v) is 4.23. The summed E-state index contributed by atoms with van der Waals surface area (Å²) in [4.78, 5) is 13.3. The summed E-state index contributed by atoms with van der Waals surface area (Å²) in [5, 5.41) is 0. The lowest BCUT2D eigenvalue weighted by Crippen LogP contribution is -2.52. The normalized spacial score (nSPS) is 25.7. The molecule has 1 fully saturated rings. The van der Waals surface area contributed by atoms with E-state index in [1.807, 2.05) is 29.9 Å². The highest BCUT2D eigenvalue weighted by Gasteiger charge is 2.32. The third kappa shape index (κ3) is 1.42. The van der Waals surface area contributed by atoms with Gasteiger partial charge in [0.1, 0.15) is 0 Å². The van der Waals surface area contributed by atoms with Crippen molar-refractivity contribution >= 4 is 28.8 Å². The maximum absolute atomic E-state index is 11.2. The predicted molar refractivity (Wildman–Crippen MR) is 47.8 cm³/mol. The van der Waals surface area contributed by atoms with Crippen LogP contribution in [0.4, 0.5) is 0 Å². The van der Waals surface area contributed by atoms with Gasteiger partial charge in [0.2, 0.25) is 5.91 Å². The summed E-state index contributed by atoms with van der Waals surface area (Å²) in [6.07, 6.45) is 1.02. The van der Waals surface area contributed by atoms with Crippen LogP contribution < -0.4 is 0 Å². The molecule has 58 valence electrons. The summed E-state index contributed by atoms with van der Waals surface area (Å²) >= 11 is 2.01. The fourth-order valence-corrected chi connectivity index (χ4v) is 1.36. The van der Waals surface area contributed by atoms with Gasteiger partial charge in [-0.05, 0) is 13.5 Å². The van der Waals surface area contributed by atoms with Gasteiger partial charge >= 0.3 is 0 Å². The minimum absolute atomic E-state index is 0.155. The highest BCUT2D eigenvalue weighted by molar-refractivity contribution is 14.1. The Hall–Kier alpha value is 0.160. The first-order chi connectivity index (χ1) is 4.63. The Balaban J connectivity index is 2.42. The molecule has 1 amide bonds. The number of rotatable bonds is 1. The molecule has 0 aromatic rings. The molecule has 1 saturated heterocycles. The molecule has 1 atom stereocenters. The zero-order chi connectivity index (χ0) is 7.72.